The lowest BCUT2D eigenvalue weighted by molar-refractivity contribution is 0.352. The first kappa shape index (κ1) is 19.8. The molecule has 0 saturated heterocycles. The fourth-order valence-corrected chi connectivity index (χ4v) is 1.79. The molecule has 1 aromatic rings. The molecule has 3 N–H and O–H groups in total. The number of guanidine groups is 1. The van der Waals surface area contributed by atoms with Crippen LogP contribution in [-0.4, -0.2) is 26.7 Å². The van der Waals surface area contributed by atoms with Crippen molar-refractivity contribution < 1.29 is 9.47 Å². The van der Waals surface area contributed by atoms with Crippen LogP contribution >= 0.6 is 24.0 Å². The molecular weight excluding hydrogens is 381 g/mol. The Morgan fingerprint density at radius 3 is 2.57 bits per heavy atom. The number of ether oxygens (including phenoxy) is 2. The molecular formula is C15H26IN3O2. The van der Waals surface area contributed by atoms with E-state index < -0.39 is 0 Å². The van der Waals surface area contributed by atoms with E-state index in [2.05, 4.69) is 24.2 Å². The first-order valence-electron chi connectivity index (χ1n) is 6.82. The largest absolute Gasteiger partial charge is 0.493 e. The molecule has 0 atom stereocenters. The topological polar surface area (TPSA) is 68.9 Å². The molecule has 6 heteroatoms. The molecule has 0 aromatic heterocycles. The third-order valence-electron chi connectivity index (χ3n) is 2.93. The predicted octanol–water partition coefficient (Wildman–Crippen LogP) is 2.77. The minimum absolute atomic E-state index is 0. The number of aliphatic imine (C=N–C) groups is 1. The number of hydrogen-bond donors (Lipinski definition) is 2. The number of nitrogens with zero attached hydrogens (tertiary/aromatic N) is 1. The van der Waals surface area contributed by atoms with Crippen molar-refractivity contribution in [3.8, 4) is 11.5 Å². The maximum Gasteiger partial charge on any atom is 0.188 e. The molecule has 0 aliphatic carbocycles. The number of nitrogens with one attached hydrogen (secondary N) is 1. The van der Waals surface area contributed by atoms with Gasteiger partial charge in [-0.15, -0.1) is 24.0 Å². The van der Waals surface area contributed by atoms with Crippen LogP contribution in [0, 0.1) is 5.92 Å². The molecule has 0 bridgehead atoms. The third-order valence-corrected chi connectivity index (χ3v) is 2.93. The number of nitrogens with two attached hydrogens (primary N) is 1. The lowest BCUT2D eigenvalue weighted by Crippen LogP contribution is -2.32. The summed E-state index contributed by atoms with van der Waals surface area (Å²) < 4.78 is 10.6. The van der Waals surface area contributed by atoms with E-state index in [0.717, 1.165) is 18.5 Å². The van der Waals surface area contributed by atoms with Crippen LogP contribution in [0.2, 0.25) is 0 Å². The van der Waals surface area contributed by atoms with E-state index in [9.17, 15) is 0 Å². The zero-order chi connectivity index (χ0) is 15.0. The summed E-state index contributed by atoms with van der Waals surface area (Å²) in [6.45, 7) is 5.65. The zero-order valence-corrected chi connectivity index (χ0v) is 15.5. The van der Waals surface area contributed by atoms with E-state index >= 15 is 0 Å². The number of halogens is 1. The van der Waals surface area contributed by atoms with Crippen molar-refractivity contribution in [2.24, 2.45) is 16.6 Å². The van der Waals surface area contributed by atoms with Crippen molar-refractivity contribution in [2.45, 2.75) is 26.8 Å². The van der Waals surface area contributed by atoms with Crippen LogP contribution in [0.25, 0.3) is 0 Å². The zero-order valence-electron chi connectivity index (χ0n) is 13.2. The Kier molecular flexibility index (Phi) is 9.94. The van der Waals surface area contributed by atoms with Crippen molar-refractivity contribution in [1.29, 1.82) is 0 Å². The van der Waals surface area contributed by atoms with Gasteiger partial charge < -0.3 is 20.5 Å². The van der Waals surface area contributed by atoms with Crippen molar-refractivity contribution in [1.82, 2.24) is 5.32 Å². The number of hydrogen-bond acceptors (Lipinski definition) is 3. The maximum atomic E-state index is 5.84. The summed E-state index contributed by atoms with van der Waals surface area (Å²) in [5, 5.41) is 3.11. The lowest BCUT2D eigenvalue weighted by atomic mass is 10.1. The molecule has 0 unspecified atom stereocenters. The molecule has 1 aromatic carbocycles. The summed E-state index contributed by atoms with van der Waals surface area (Å²) in [7, 11) is 3.24. The Labute approximate surface area is 144 Å². The summed E-state index contributed by atoms with van der Waals surface area (Å²) in [4.78, 5) is 4.32. The summed E-state index contributed by atoms with van der Waals surface area (Å²) in [6.07, 6.45) is 1.07. The number of benzene rings is 1. The van der Waals surface area contributed by atoms with Crippen molar-refractivity contribution in [2.75, 3.05) is 20.8 Å². The normalized spacial score (nSPS) is 11.0. The highest BCUT2D eigenvalue weighted by Crippen LogP contribution is 2.30. The molecule has 0 heterocycles. The summed E-state index contributed by atoms with van der Waals surface area (Å²) >= 11 is 0. The molecule has 0 radical (unpaired) electrons. The standard InChI is InChI=1S/C15H25N3O2.HI/c1-11(2)8-9-17-15(16)18-10-12-6-5-7-13(19-3)14(12)20-4;/h5-7,11H,8-10H2,1-4H3,(H3,16,17,18);1H. The van der Waals surface area contributed by atoms with E-state index in [1.165, 1.54) is 0 Å². The van der Waals surface area contributed by atoms with Gasteiger partial charge in [0.15, 0.2) is 17.5 Å². The van der Waals surface area contributed by atoms with Gasteiger partial charge in [0.1, 0.15) is 0 Å². The van der Waals surface area contributed by atoms with Gasteiger partial charge in [0.05, 0.1) is 20.8 Å². The second-order valence-electron chi connectivity index (χ2n) is 4.96. The average Bonchev–Trinajstić information content (AvgIpc) is 2.44. The van der Waals surface area contributed by atoms with Gasteiger partial charge in [-0.25, -0.2) is 4.99 Å². The Morgan fingerprint density at radius 2 is 2.00 bits per heavy atom. The highest BCUT2D eigenvalue weighted by atomic mass is 127. The Balaban J connectivity index is 0.00000400. The van der Waals surface area contributed by atoms with Crippen molar-refractivity contribution in [3.05, 3.63) is 23.8 Å². The van der Waals surface area contributed by atoms with E-state index in [4.69, 9.17) is 15.2 Å². The molecule has 21 heavy (non-hydrogen) atoms. The SMILES string of the molecule is COc1cccc(CN=C(N)NCCC(C)C)c1OC.I. The molecule has 120 valence electrons. The molecule has 5 nitrogen and oxygen atoms in total. The molecule has 1 rings (SSSR count). The van der Waals surface area contributed by atoms with Gasteiger partial charge in [-0.05, 0) is 18.4 Å². The van der Waals surface area contributed by atoms with Crippen molar-refractivity contribution >= 4 is 29.9 Å². The van der Waals surface area contributed by atoms with Crippen LogP contribution in [-0.2, 0) is 6.54 Å². The van der Waals surface area contributed by atoms with Gasteiger partial charge in [0.25, 0.3) is 0 Å². The predicted molar refractivity (Wildman–Crippen MR) is 97.7 cm³/mol. The summed E-state index contributed by atoms with van der Waals surface area (Å²) in [5.74, 6) is 2.50. The molecule has 0 amide bonds. The quantitative estimate of drug-likeness (QED) is 0.415. The van der Waals surface area contributed by atoms with Crippen molar-refractivity contribution in [3.63, 3.8) is 0 Å². The van der Waals surface area contributed by atoms with Gasteiger partial charge in [-0.1, -0.05) is 26.0 Å². The third kappa shape index (κ3) is 6.88. The van der Waals surface area contributed by atoms with Crippen LogP contribution in [0.3, 0.4) is 0 Å². The maximum absolute atomic E-state index is 5.84. The fourth-order valence-electron chi connectivity index (χ4n) is 1.79. The first-order valence-corrected chi connectivity index (χ1v) is 6.82. The van der Waals surface area contributed by atoms with E-state index in [0.29, 0.717) is 29.9 Å². The minimum Gasteiger partial charge on any atom is -0.493 e. The van der Waals surface area contributed by atoms with E-state index in [1.54, 1.807) is 14.2 Å². The first-order chi connectivity index (χ1) is 9.58. The Hall–Kier alpha value is -1.18. The van der Waals surface area contributed by atoms with Gasteiger partial charge in [0.2, 0.25) is 0 Å². The van der Waals surface area contributed by atoms with Crippen LogP contribution in [0.5, 0.6) is 11.5 Å². The second-order valence-corrected chi connectivity index (χ2v) is 4.96. The Morgan fingerprint density at radius 1 is 1.29 bits per heavy atom. The van der Waals surface area contributed by atoms with Gasteiger partial charge in [-0.2, -0.15) is 0 Å². The minimum atomic E-state index is 0. The van der Waals surface area contributed by atoms with Gasteiger partial charge >= 0.3 is 0 Å². The average molecular weight is 407 g/mol. The highest BCUT2D eigenvalue weighted by molar-refractivity contribution is 14.0. The Bertz CT molecular complexity index is 451. The van der Waals surface area contributed by atoms with Crippen LogP contribution < -0.4 is 20.5 Å². The highest BCUT2D eigenvalue weighted by Gasteiger charge is 2.08. The molecule has 0 saturated carbocycles. The smallest absolute Gasteiger partial charge is 0.188 e. The van der Waals surface area contributed by atoms with E-state index in [-0.39, 0.29) is 24.0 Å². The lowest BCUT2D eigenvalue weighted by Gasteiger charge is -2.11. The fraction of sp³-hybridized carbons (Fsp3) is 0.533. The number of rotatable bonds is 7. The second kappa shape index (κ2) is 10.5. The van der Waals surface area contributed by atoms with Crippen LogP contribution in [0.4, 0.5) is 0 Å². The summed E-state index contributed by atoms with van der Waals surface area (Å²) in [5.41, 5.74) is 6.78. The summed E-state index contributed by atoms with van der Waals surface area (Å²) in [6, 6.07) is 5.72. The van der Waals surface area contributed by atoms with E-state index in [1.807, 2.05) is 18.2 Å². The number of methoxy groups -OCH3 is 2. The molecule has 0 aliphatic heterocycles. The van der Waals surface area contributed by atoms with Gasteiger partial charge in [0, 0.05) is 12.1 Å². The number of para-hydroxylation sites is 1. The van der Waals surface area contributed by atoms with Crippen LogP contribution in [0.15, 0.2) is 23.2 Å². The molecule has 0 fully saturated rings. The van der Waals surface area contributed by atoms with Crippen LogP contribution in [0.1, 0.15) is 25.8 Å². The molecule has 0 aliphatic rings. The monoisotopic (exact) mass is 407 g/mol. The molecule has 0 spiro atoms. The van der Waals surface area contributed by atoms with Gasteiger partial charge in [-0.3, -0.25) is 0 Å².